The number of aromatic amines is 1. The maximum Gasteiger partial charge on any atom is 0.311 e. The van der Waals surface area contributed by atoms with Gasteiger partial charge < -0.3 is 15.0 Å². The number of nitrogens with zero attached hydrogens (tertiary/aromatic N) is 3. The number of halogens is 1. The Morgan fingerprint density at radius 2 is 2.00 bits per heavy atom. The Hall–Kier alpha value is -3.03. The van der Waals surface area contributed by atoms with Crippen LogP contribution < -0.4 is 5.32 Å². The molecule has 3 heterocycles. The summed E-state index contributed by atoms with van der Waals surface area (Å²) in [6.07, 6.45) is 10.6. The van der Waals surface area contributed by atoms with Gasteiger partial charge in [0.2, 0.25) is 0 Å². The van der Waals surface area contributed by atoms with Gasteiger partial charge >= 0.3 is 5.97 Å². The zero-order chi connectivity index (χ0) is 20.0. The smallest absolute Gasteiger partial charge is 0.311 e. The molecular formula is C21H22FN5O2. The number of methoxy groups -OCH3 is 1. The fourth-order valence-electron chi connectivity index (χ4n) is 5.06. The average Bonchev–Trinajstić information content (AvgIpc) is 3.17. The van der Waals surface area contributed by atoms with Crippen molar-refractivity contribution in [1.29, 1.82) is 0 Å². The molecule has 3 saturated carbocycles. The average molecular weight is 395 g/mol. The summed E-state index contributed by atoms with van der Waals surface area (Å²) in [7, 11) is 1.45. The Bertz CT molecular complexity index is 1060. The monoisotopic (exact) mass is 395 g/mol. The van der Waals surface area contributed by atoms with Crippen LogP contribution in [0.2, 0.25) is 0 Å². The highest BCUT2D eigenvalue weighted by Crippen LogP contribution is 2.46. The summed E-state index contributed by atoms with van der Waals surface area (Å²) in [6, 6.07) is 1.42. The van der Waals surface area contributed by atoms with Gasteiger partial charge in [-0.25, -0.2) is 14.4 Å². The van der Waals surface area contributed by atoms with Crippen molar-refractivity contribution in [2.45, 2.75) is 31.7 Å². The summed E-state index contributed by atoms with van der Waals surface area (Å²) in [4.78, 5) is 28.6. The zero-order valence-electron chi connectivity index (χ0n) is 16.1. The number of esters is 1. The quantitative estimate of drug-likeness (QED) is 0.657. The van der Waals surface area contributed by atoms with Gasteiger partial charge in [-0.15, -0.1) is 0 Å². The molecule has 3 aliphatic carbocycles. The van der Waals surface area contributed by atoms with Crippen LogP contribution in [0.5, 0.6) is 0 Å². The minimum absolute atomic E-state index is 0.0124. The number of aromatic nitrogens is 4. The molecule has 0 unspecified atom stereocenters. The molecular weight excluding hydrogens is 373 g/mol. The Morgan fingerprint density at radius 1 is 1.21 bits per heavy atom. The minimum Gasteiger partial charge on any atom is -0.469 e. The minimum atomic E-state index is -0.403. The lowest BCUT2D eigenvalue weighted by atomic mass is 9.61. The highest BCUT2D eigenvalue weighted by molar-refractivity contribution is 5.92. The topological polar surface area (TPSA) is 92.8 Å². The molecule has 7 nitrogen and oxygen atoms in total. The molecule has 8 heteroatoms. The van der Waals surface area contributed by atoms with Gasteiger partial charge in [0.05, 0.1) is 37.3 Å². The molecule has 2 atom stereocenters. The molecule has 3 aromatic rings. The largest absolute Gasteiger partial charge is 0.469 e. The molecule has 2 N–H and O–H groups in total. The van der Waals surface area contributed by atoms with Gasteiger partial charge in [-0.1, -0.05) is 0 Å². The Labute approximate surface area is 167 Å². The summed E-state index contributed by atoms with van der Waals surface area (Å²) < 4.78 is 18.8. The maximum absolute atomic E-state index is 13.7. The lowest BCUT2D eigenvalue weighted by molar-refractivity contribution is -0.152. The van der Waals surface area contributed by atoms with Crippen LogP contribution in [-0.4, -0.2) is 39.1 Å². The van der Waals surface area contributed by atoms with E-state index >= 15 is 0 Å². The van der Waals surface area contributed by atoms with Crippen LogP contribution in [0.25, 0.3) is 22.3 Å². The van der Waals surface area contributed by atoms with Crippen molar-refractivity contribution >= 4 is 22.8 Å². The van der Waals surface area contributed by atoms with E-state index in [0.29, 0.717) is 34.4 Å². The van der Waals surface area contributed by atoms with Crippen LogP contribution in [0.3, 0.4) is 0 Å². The summed E-state index contributed by atoms with van der Waals surface area (Å²) in [6.45, 7) is 0. The molecule has 29 heavy (non-hydrogen) atoms. The number of rotatable bonds is 4. The van der Waals surface area contributed by atoms with E-state index in [9.17, 15) is 9.18 Å². The fraction of sp³-hybridized carbons (Fsp3) is 0.429. The standard InChI is InChI=1S/C21H22FN5O2/c1-29-21(28)18-11-2-4-12(5-3-11)19(18)27-17-10-23-9-16(26-17)15-8-25-20-14(15)6-13(22)7-24-20/h6-12,18-19H,2-5H2,1H3,(H,24,25)(H,26,27)/t11?,12?,18-,19-/m0/s1. The Balaban J connectivity index is 1.46. The van der Waals surface area contributed by atoms with Crippen LogP contribution in [0.4, 0.5) is 10.2 Å². The highest BCUT2D eigenvalue weighted by Gasteiger charge is 2.47. The first-order valence-electron chi connectivity index (χ1n) is 9.93. The number of anilines is 1. The Kier molecular flexibility index (Phi) is 4.41. The normalized spacial score (nSPS) is 25.9. The molecule has 3 aromatic heterocycles. The summed E-state index contributed by atoms with van der Waals surface area (Å²) in [5.74, 6) is 0.653. The van der Waals surface area contributed by atoms with E-state index in [1.807, 2.05) is 0 Å². The van der Waals surface area contributed by atoms with Crippen LogP contribution in [0.1, 0.15) is 25.7 Å². The molecule has 0 aromatic carbocycles. The van der Waals surface area contributed by atoms with Crippen molar-refractivity contribution in [3.8, 4) is 11.3 Å². The van der Waals surface area contributed by atoms with Crippen molar-refractivity contribution in [1.82, 2.24) is 19.9 Å². The lowest BCUT2D eigenvalue weighted by Gasteiger charge is -2.47. The second-order valence-electron chi connectivity index (χ2n) is 7.94. The molecule has 0 radical (unpaired) electrons. The molecule has 0 amide bonds. The van der Waals surface area contributed by atoms with E-state index in [1.54, 1.807) is 18.6 Å². The molecule has 0 spiro atoms. The van der Waals surface area contributed by atoms with E-state index < -0.39 is 5.82 Å². The number of H-pyrrole nitrogens is 1. The van der Waals surface area contributed by atoms with Crippen molar-refractivity contribution in [2.75, 3.05) is 12.4 Å². The third kappa shape index (κ3) is 3.12. The Morgan fingerprint density at radius 3 is 2.79 bits per heavy atom. The molecule has 6 rings (SSSR count). The van der Waals surface area contributed by atoms with Gasteiger partial charge in [0, 0.05) is 23.2 Å². The van der Waals surface area contributed by atoms with Gasteiger partial charge in [-0.3, -0.25) is 9.78 Å². The summed E-state index contributed by atoms with van der Waals surface area (Å²) >= 11 is 0. The third-order valence-corrected chi connectivity index (χ3v) is 6.42. The maximum atomic E-state index is 13.7. The summed E-state index contributed by atoms with van der Waals surface area (Å²) in [5.41, 5.74) is 1.94. The fourth-order valence-corrected chi connectivity index (χ4v) is 5.06. The number of carbonyl (C=O) groups is 1. The van der Waals surface area contributed by atoms with Crippen molar-refractivity contribution in [3.63, 3.8) is 0 Å². The predicted molar refractivity (Wildman–Crippen MR) is 105 cm³/mol. The molecule has 3 aliphatic rings. The van der Waals surface area contributed by atoms with Crippen LogP contribution in [0.15, 0.2) is 30.9 Å². The first-order chi connectivity index (χ1) is 14.1. The van der Waals surface area contributed by atoms with Crippen LogP contribution in [0, 0.1) is 23.6 Å². The molecule has 0 saturated heterocycles. The third-order valence-electron chi connectivity index (χ3n) is 6.42. The van der Waals surface area contributed by atoms with Gasteiger partial charge in [0.15, 0.2) is 0 Å². The lowest BCUT2D eigenvalue weighted by Crippen LogP contribution is -2.51. The second-order valence-corrected chi connectivity index (χ2v) is 7.94. The van der Waals surface area contributed by atoms with Gasteiger partial charge in [-0.05, 0) is 43.6 Å². The molecule has 2 bridgehead atoms. The SMILES string of the molecule is COC(=O)[C@H]1C2CCC(CC2)[C@@H]1Nc1cncc(-c2c[nH]c3ncc(F)cc23)n1. The number of pyridine rings is 1. The first-order valence-corrected chi connectivity index (χ1v) is 9.93. The number of nitrogens with one attached hydrogen (secondary N) is 2. The zero-order valence-corrected chi connectivity index (χ0v) is 16.1. The number of fused-ring (bicyclic) bond motifs is 4. The van der Waals surface area contributed by atoms with Gasteiger partial charge in [0.25, 0.3) is 0 Å². The van der Waals surface area contributed by atoms with Gasteiger partial charge in [0.1, 0.15) is 17.3 Å². The number of hydrogen-bond donors (Lipinski definition) is 2. The first kappa shape index (κ1) is 18.0. The van der Waals surface area contributed by atoms with E-state index in [2.05, 4.69) is 20.3 Å². The van der Waals surface area contributed by atoms with E-state index in [0.717, 1.165) is 31.2 Å². The molecule has 3 fully saturated rings. The van der Waals surface area contributed by atoms with Gasteiger partial charge in [-0.2, -0.15) is 0 Å². The van der Waals surface area contributed by atoms with Crippen molar-refractivity contribution in [2.24, 2.45) is 17.8 Å². The van der Waals surface area contributed by atoms with Crippen molar-refractivity contribution < 1.29 is 13.9 Å². The second kappa shape index (κ2) is 7.09. The van der Waals surface area contributed by atoms with E-state index in [-0.39, 0.29) is 17.9 Å². The van der Waals surface area contributed by atoms with E-state index in [4.69, 9.17) is 9.72 Å². The van der Waals surface area contributed by atoms with Crippen molar-refractivity contribution in [3.05, 3.63) is 36.7 Å². The van der Waals surface area contributed by atoms with Crippen LogP contribution in [-0.2, 0) is 9.53 Å². The van der Waals surface area contributed by atoms with Crippen LogP contribution >= 0.6 is 0 Å². The number of ether oxygens (including phenoxy) is 1. The number of hydrogen-bond acceptors (Lipinski definition) is 6. The molecule has 150 valence electrons. The highest BCUT2D eigenvalue weighted by atomic mass is 19.1. The number of carbonyl (C=O) groups excluding carboxylic acids is 1. The summed E-state index contributed by atoms with van der Waals surface area (Å²) in [5, 5.41) is 4.12. The molecule has 0 aliphatic heterocycles. The van der Waals surface area contributed by atoms with E-state index in [1.165, 1.54) is 19.4 Å². The predicted octanol–water partition coefficient (Wildman–Crippen LogP) is 3.55.